The molecule has 0 bridgehead atoms. The molecule has 0 saturated carbocycles. The summed E-state index contributed by atoms with van der Waals surface area (Å²) < 4.78 is 0.535. The SMILES string of the molecule is CC(=O)SCC1CC(=O)N(c2c(Br)cc(C)cc2[N+](=O)[O-])C1. The predicted octanol–water partition coefficient (Wildman–Crippen LogP) is 3.30. The maximum absolute atomic E-state index is 12.2. The molecule has 1 saturated heterocycles. The first kappa shape index (κ1) is 17.0. The van der Waals surface area contributed by atoms with Crippen LogP contribution in [-0.2, 0) is 9.59 Å². The van der Waals surface area contributed by atoms with Crippen molar-refractivity contribution in [2.75, 3.05) is 17.2 Å². The van der Waals surface area contributed by atoms with E-state index in [1.165, 1.54) is 29.7 Å². The summed E-state index contributed by atoms with van der Waals surface area (Å²) in [7, 11) is 0. The summed E-state index contributed by atoms with van der Waals surface area (Å²) in [4.78, 5) is 35.5. The van der Waals surface area contributed by atoms with Crippen LogP contribution in [0.25, 0.3) is 0 Å². The molecule has 8 heteroatoms. The molecule has 1 fully saturated rings. The van der Waals surface area contributed by atoms with Gasteiger partial charge in [0.25, 0.3) is 5.69 Å². The lowest BCUT2D eigenvalue weighted by atomic mass is 10.1. The highest BCUT2D eigenvalue weighted by molar-refractivity contribution is 9.10. The molecule has 1 heterocycles. The number of carbonyl (C=O) groups is 2. The van der Waals surface area contributed by atoms with Gasteiger partial charge in [-0.15, -0.1) is 0 Å². The first-order chi connectivity index (χ1) is 10.3. The van der Waals surface area contributed by atoms with Crippen molar-refractivity contribution in [3.8, 4) is 0 Å². The van der Waals surface area contributed by atoms with Gasteiger partial charge in [-0.2, -0.15) is 0 Å². The van der Waals surface area contributed by atoms with Gasteiger partial charge in [0.1, 0.15) is 5.69 Å². The maximum atomic E-state index is 12.2. The molecule has 0 radical (unpaired) electrons. The molecule has 0 aliphatic carbocycles. The van der Waals surface area contributed by atoms with Crippen molar-refractivity contribution in [2.24, 2.45) is 5.92 Å². The van der Waals surface area contributed by atoms with E-state index in [1.807, 2.05) is 0 Å². The highest BCUT2D eigenvalue weighted by atomic mass is 79.9. The highest BCUT2D eigenvalue weighted by Crippen LogP contribution is 2.40. The Balaban J connectivity index is 2.30. The Morgan fingerprint density at radius 1 is 1.55 bits per heavy atom. The van der Waals surface area contributed by atoms with Crippen LogP contribution >= 0.6 is 27.7 Å². The number of nitro groups is 1. The van der Waals surface area contributed by atoms with Crippen molar-refractivity contribution in [3.05, 3.63) is 32.3 Å². The molecular formula is C14H15BrN2O4S. The van der Waals surface area contributed by atoms with Gasteiger partial charge >= 0.3 is 0 Å². The number of benzene rings is 1. The van der Waals surface area contributed by atoms with E-state index in [-0.39, 0.29) is 22.6 Å². The Morgan fingerprint density at radius 2 is 2.23 bits per heavy atom. The fraction of sp³-hybridized carbons (Fsp3) is 0.429. The van der Waals surface area contributed by atoms with Crippen LogP contribution in [0, 0.1) is 23.0 Å². The lowest BCUT2D eigenvalue weighted by Gasteiger charge is -2.18. The minimum Gasteiger partial charge on any atom is -0.305 e. The monoisotopic (exact) mass is 386 g/mol. The first-order valence-corrected chi connectivity index (χ1v) is 8.45. The van der Waals surface area contributed by atoms with E-state index in [4.69, 9.17) is 0 Å². The number of nitro benzene ring substituents is 1. The number of thioether (sulfide) groups is 1. The van der Waals surface area contributed by atoms with Gasteiger partial charge in [0.2, 0.25) is 5.91 Å². The zero-order valence-corrected chi connectivity index (χ0v) is 14.6. The van der Waals surface area contributed by atoms with Gasteiger partial charge in [0, 0.05) is 36.2 Å². The zero-order valence-electron chi connectivity index (χ0n) is 12.2. The molecule has 118 valence electrons. The number of anilines is 1. The molecule has 1 amide bonds. The molecule has 0 aromatic heterocycles. The average molecular weight is 387 g/mol. The van der Waals surface area contributed by atoms with Gasteiger partial charge in [-0.3, -0.25) is 19.7 Å². The van der Waals surface area contributed by atoms with Gasteiger partial charge in [0.15, 0.2) is 5.12 Å². The second kappa shape index (κ2) is 6.78. The summed E-state index contributed by atoms with van der Waals surface area (Å²) >= 11 is 4.51. The van der Waals surface area contributed by atoms with E-state index in [9.17, 15) is 19.7 Å². The normalized spacial score (nSPS) is 17.9. The van der Waals surface area contributed by atoms with Crippen LogP contribution < -0.4 is 4.90 Å². The topological polar surface area (TPSA) is 80.5 Å². The van der Waals surface area contributed by atoms with Gasteiger partial charge < -0.3 is 4.90 Å². The first-order valence-electron chi connectivity index (χ1n) is 6.68. The number of rotatable bonds is 4. The number of nitrogens with zero attached hydrogens (tertiary/aromatic N) is 2. The largest absolute Gasteiger partial charge is 0.305 e. The van der Waals surface area contributed by atoms with Crippen molar-refractivity contribution >= 4 is 50.1 Å². The Hall–Kier alpha value is -1.41. The van der Waals surface area contributed by atoms with Crippen molar-refractivity contribution in [1.29, 1.82) is 0 Å². The van der Waals surface area contributed by atoms with E-state index in [1.54, 1.807) is 13.0 Å². The van der Waals surface area contributed by atoms with Crippen LogP contribution in [0.4, 0.5) is 11.4 Å². The highest BCUT2D eigenvalue weighted by Gasteiger charge is 2.35. The maximum Gasteiger partial charge on any atom is 0.294 e. The molecule has 1 aliphatic heterocycles. The molecule has 1 aromatic rings. The van der Waals surface area contributed by atoms with Crippen molar-refractivity contribution in [1.82, 2.24) is 0 Å². The lowest BCUT2D eigenvalue weighted by molar-refractivity contribution is -0.384. The Kier molecular flexibility index (Phi) is 5.23. The average Bonchev–Trinajstić information content (AvgIpc) is 2.76. The van der Waals surface area contributed by atoms with Crippen molar-refractivity contribution in [2.45, 2.75) is 20.3 Å². The molecule has 1 atom stereocenters. The summed E-state index contributed by atoms with van der Waals surface area (Å²) in [6, 6.07) is 3.22. The Labute approximate surface area is 140 Å². The fourth-order valence-corrected chi connectivity index (χ4v) is 3.94. The molecule has 1 aromatic carbocycles. The van der Waals surface area contributed by atoms with E-state index < -0.39 is 4.92 Å². The smallest absolute Gasteiger partial charge is 0.294 e. The molecule has 0 spiro atoms. The summed E-state index contributed by atoms with van der Waals surface area (Å²) in [5.41, 5.74) is 0.966. The second-order valence-corrected chi connectivity index (χ2v) is 7.30. The fourth-order valence-electron chi connectivity index (χ4n) is 2.47. The Bertz CT molecular complexity index is 650. The molecule has 22 heavy (non-hydrogen) atoms. The molecular weight excluding hydrogens is 372 g/mol. The van der Waals surface area contributed by atoms with Gasteiger partial charge in [-0.25, -0.2) is 0 Å². The minimum atomic E-state index is -0.474. The summed E-state index contributed by atoms with van der Waals surface area (Å²) in [6.07, 6.45) is 0.303. The quantitative estimate of drug-likeness (QED) is 0.585. The number of halogens is 1. The number of aryl methyl sites for hydroxylation is 1. The van der Waals surface area contributed by atoms with E-state index in [2.05, 4.69) is 15.9 Å². The molecule has 2 rings (SSSR count). The van der Waals surface area contributed by atoms with E-state index in [0.29, 0.717) is 28.9 Å². The third-order valence-electron chi connectivity index (χ3n) is 3.38. The van der Waals surface area contributed by atoms with Crippen LogP contribution in [0.5, 0.6) is 0 Å². The predicted molar refractivity (Wildman–Crippen MR) is 89.1 cm³/mol. The standard InChI is InChI=1S/C14H15BrN2O4S/c1-8-3-11(15)14(12(4-8)17(20)21)16-6-10(5-13(16)19)7-22-9(2)18/h3-4,10H,5-7H2,1-2H3. The third-order valence-corrected chi connectivity index (χ3v) is 5.03. The van der Waals surface area contributed by atoms with Gasteiger partial charge in [-0.1, -0.05) is 11.8 Å². The zero-order chi connectivity index (χ0) is 16.4. The van der Waals surface area contributed by atoms with Crippen LogP contribution in [0.2, 0.25) is 0 Å². The second-order valence-electron chi connectivity index (χ2n) is 5.25. The van der Waals surface area contributed by atoms with Gasteiger partial charge in [-0.05, 0) is 40.4 Å². The van der Waals surface area contributed by atoms with Crippen LogP contribution in [0.15, 0.2) is 16.6 Å². The molecule has 6 nitrogen and oxygen atoms in total. The van der Waals surface area contributed by atoms with Crippen molar-refractivity contribution in [3.63, 3.8) is 0 Å². The number of hydrogen-bond acceptors (Lipinski definition) is 5. The Morgan fingerprint density at radius 3 is 2.82 bits per heavy atom. The molecule has 1 unspecified atom stereocenters. The van der Waals surface area contributed by atoms with Gasteiger partial charge in [0.05, 0.1) is 4.92 Å². The molecule has 0 N–H and O–H groups in total. The summed E-state index contributed by atoms with van der Waals surface area (Å²) in [5.74, 6) is 0.422. The lowest BCUT2D eigenvalue weighted by Crippen LogP contribution is -2.26. The minimum absolute atomic E-state index is 0.00777. The van der Waals surface area contributed by atoms with E-state index >= 15 is 0 Å². The summed E-state index contributed by atoms with van der Waals surface area (Å²) in [6.45, 7) is 3.64. The number of amides is 1. The van der Waals surface area contributed by atoms with Crippen LogP contribution in [-0.4, -0.2) is 28.2 Å². The van der Waals surface area contributed by atoms with Crippen LogP contribution in [0.1, 0.15) is 18.9 Å². The number of carbonyl (C=O) groups excluding carboxylic acids is 2. The molecule has 1 aliphatic rings. The number of hydrogen-bond donors (Lipinski definition) is 0. The third kappa shape index (κ3) is 3.67. The van der Waals surface area contributed by atoms with E-state index in [0.717, 1.165) is 5.56 Å². The van der Waals surface area contributed by atoms with Crippen molar-refractivity contribution < 1.29 is 14.5 Å². The van der Waals surface area contributed by atoms with Crippen LogP contribution in [0.3, 0.4) is 0 Å². The summed E-state index contributed by atoms with van der Waals surface area (Å²) in [5, 5.41) is 11.3.